The van der Waals surface area contributed by atoms with E-state index in [0.29, 0.717) is 6.04 Å². The van der Waals surface area contributed by atoms with Crippen molar-refractivity contribution in [1.82, 2.24) is 5.32 Å². The minimum absolute atomic E-state index is 0.513. The fourth-order valence-corrected chi connectivity index (χ4v) is 4.17. The standard InChI is InChI=1S/C17H29NS/c1-12(2)15-6-5-7-16(10-9-15)18-14(4)17-11-8-13(3)19-17/h8,11-12,14-16,18H,5-7,9-10H2,1-4H3. The van der Waals surface area contributed by atoms with Crippen LogP contribution in [0.5, 0.6) is 0 Å². The Labute approximate surface area is 122 Å². The Morgan fingerprint density at radius 2 is 1.89 bits per heavy atom. The van der Waals surface area contributed by atoms with Crippen molar-refractivity contribution < 1.29 is 0 Å². The van der Waals surface area contributed by atoms with Gasteiger partial charge in [0.05, 0.1) is 0 Å². The van der Waals surface area contributed by atoms with Crippen molar-refractivity contribution >= 4 is 11.3 Å². The first-order valence-corrected chi connectivity index (χ1v) is 8.70. The van der Waals surface area contributed by atoms with E-state index in [4.69, 9.17) is 0 Å². The first-order chi connectivity index (χ1) is 9.06. The fourth-order valence-electron chi connectivity index (χ4n) is 3.29. The molecule has 1 aliphatic carbocycles. The van der Waals surface area contributed by atoms with Gasteiger partial charge in [-0.3, -0.25) is 0 Å². The number of rotatable bonds is 4. The van der Waals surface area contributed by atoms with Crippen LogP contribution in [0.15, 0.2) is 12.1 Å². The molecule has 1 fully saturated rings. The predicted octanol–water partition coefficient (Wildman–Crippen LogP) is 5.31. The molecule has 1 nitrogen and oxygen atoms in total. The van der Waals surface area contributed by atoms with Gasteiger partial charge in [0.25, 0.3) is 0 Å². The van der Waals surface area contributed by atoms with Gasteiger partial charge in [0.1, 0.15) is 0 Å². The molecule has 108 valence electrons. The summed E-state index contributed by atoms with van der Waals surface area (Å²) in [6, 6.07) is 5.76. The maximum absolute atomic E-state index is 3.86. The summed E-state index contributed by atoms with van der Waals surface area (Å²) >= 11 is 1.93. The molecule has 1 aromatic rings. The normalized spacial score (nSPS) is 26.4. The van der Waals surface area contributed by atoms with Gasteiger partial charge in [-0.2, -0.15) is 0 Å². The van der Waals surface area contributed by atoms with E-state index in [0.717, 1.165) is 17.9 Å². The molecule has 0 saturated heterocycles. The van der Waals surface area contributed by atoms with E-state index >= 15 is 0 Å². The van der Waals surface area contributed by atoms with Crippen LogP contribution >= 0.6 is 11.3 Å². The van der Waals surface area contributed by atoms with Crippen molar-refractivity contribution in [1.29, 1.82) is 0 Å². The summed E-state index contributed by atoms with van der Waals surface area (Å²) in [5.74, 6) is 1.81. The SMILES string of the molecule is Cc1ccc(C(C)NC2CCCC(C(C)C)CC2)s1. The highest BCUT2D eigenvalue weighted by molar-refractivity contribution is 7.12. The van der Waals surface area contributed by atoms with Gasteiger partial charge >= 0.3 is 0 Å². The van der Waals surface area contributed by atoms with Crippen LogP contribution in [0, 0.1) is 18.8 Å². The molecule has 0 aromatic carbocycles. The first kappa shape index (κ1) is 15.1. The lowest BCUT2D eigenvalue weighted by Crippen LogP contribution is -2.30. The molecule has 3 atom stereocenters. The highest BCUT2D eigenvalue weighted by Gasteiger charge is 2.22. The molecule has 3 unspecified atom stereocenters. The molecule has 0 spiro atoms. The van der Waals surface area contributed by atoms with Gasteiger partial charge in [0.15, 0.2) is 0 Å². The second-order valence-electron chi connectivity index (χ2n) is 6.55. The minimum Gasteiger partial charge on any atom is -0.307 e. The van der Waals surface area contributed by atoms with E-state index in [1.807, 2.05) is 11.3 Å². The van der Waals surface area contributed by atoms with E-state index < -0.39 is 0 Å². The van der Waals surface area contributed by atoms with E-state index in [2.05, 4.69) is 45.1 Å². The Morgan fingerprint density at radius 1 is 1.11 bits per heavy atom. The Morgan fingerprint density at radius 3 is 2.53 bits per heavy atom. The zero-order chi connectivity index (χ0) is 13.8. The summed E-state index contributed by atoms with van der Waals surface area (Å²) in [5.41, 5.74) is 0. The quantitative estimate of drug-likeness (QED) is 0.736. The van der Waals surface area contributed by atoms with Crippen LogP contribution < -0.4 is 5.32 Å². The average Bonchev–Trinajstić information content (AvgIpc) is 2.65. The van der Waals surface area contributed by atoms with Gasteiger partial charge in [-0.25, -0.2) is 0 Å². The lowest BCUT2D eigenvalue weighted by Gasteiger charge is -2.22. The summed E-state index contributed by atoms with van der Waals surface area (Å²) in [4.78, 5) is 2.91. The maximum Gasteiger partial charge on any atom is 0.0388 e. The molecule has 1 aliphatic rings. The van der Waals surface area contributed by atoms with Gasteiger partial charge < -0.3 is 5.32 Å². The second kappa shape index (κ2) is 6.90. The summed E-state index contributed by atoms with van der Waals surface area (Å²) < 4.78 is 0. The number of thiophene rings is 1. The molecule has 0 amide bonds. The van der Waals surface area contributed by atoms with E-state index in [-0.39, 0.29) is 0 Å². The fraction of sp³-hybridized carbons (Fsp3) is 0.765. The molecule has 0 aliphatic heterocycles. The first-order valence-electron chi connectivity index (χ1n) is 7.88. The van der Waals surface area contributed by atoms with E-state index in [1.165, 1.54) is 41.9 Å². The molecule has 2 heteroatoms. The van der Waals surface area contributed by atoms with Gasteiger partial charge in [0.2, 0.25) is 0 Å². The average molecular weight is 279 g/mol. The lowest BCUT2D eigenvalue weighted by molar-refractivity contribution is 0.335. The van der Waals surface area contributed by atoms with Crippen LogP contribution in [0.3, 0.4) is 0 Å². The molecule has 0 radical (unpaired) electrons. The maximum atomic E-state index is 3.86. The van der Waals surface area contributed by atoms with Crippen molar-refractivity contribution in [2.24, 2.45) is 11.8 Å². The van der Waals surface area contributed by atoms with Crippen LogP contribution in [-0.2, 0) is 0 Å². The third kappa shape index (κ3) is 4.32. The zero-order valence-corrected chi connectivity index (χ0v) is 13.7. The number of aryl methyl sites for hydroxylation is 1. The van der Waals surface area contributed by atoms with Crippen molar-refractivity contribution in [3.8, 4) is 0 Å². The monoisotopic (exact) mass is 279 g/mol. The Hall–Kier alpha value is -0.340. The summed E-state index contributed by atoms with van der Waals surface area (Å²) in [6.07, 6.45) is 6.96. The zero-order valence-electron chi connectivity index (χ0n) is 12.9. The van der Waals surface area contributed by atoms with Crippen LogP contribution in [0.1, 0.15) is 68.7 Å². The summed E-state index contributed by atoms with van der Waals surface area (Å²) in [6.45, 7) is 9.28. The van der Waals surface area contributed by atoms with Gasteiger partial charge in [-0.15, -0.1) is 11.3 Å². The third-order valence-electron chi connectivity index (χ3n) is 4.63. The highest BCUT2D eigenvalue weighted by atomic mass is 32.1. The summed E-state index contributed by atoms with van der Waals surface area (Å²) in [5, 5.41) is 3.86. The van der Waals surface area contributed by atoms with Crippen molar-refractivity contribution in [2.75, 3.05) is 0 Å². The van der Waals surface area contributed by atoms with Crippen LogP contribution in [0.2, 0.25) is 0 Å². The van der Waals surface area contributed by atoms with Gasteiger partial charge in [-0.05, 0) is 57.1 Å². The number of nitrogens with one attached hydrogen (secondary N) is 1. The Bertz CT molecular complexity index is 382. The second-order valence-corrected chi connectivity index (χ2v) is 7.87. The van der Waals surface area contributed by atoms with Crippen molar-refractivity contribution in [3.05, 3.63) is 21.9 Å². The minimum atomic E-state index is 0.513. The van der Waals surface area contributed by atoms with Crippen LogP contribution in [0.4, 0.5) is 0 Å². The predicted molar refractivity (Wildman–Crippen MR) is 85.8 cm³/mol. The molecule has 19 heavy (non-hydrogen) atoms. The Kier molecular flexibility index (Phi) is 5.47. The van der Waals surface area contributed by atoms with Crippen molar-refractivity contribution in [2.45, 2.75) is 71.9 Å². The largest absolute Gasteiger partial charge is 0.307 e. The Balaban J connectivity index is 1.86. The number of hydrogen-bond acceptors (Lipinski definition) is 2. The molecule has 1 heterocycles. The van der Waals surface area contributed by atoms with E-state index in [1.54, 1.807) is 0 Å². The molecule has 1 aromatic heterocycles. The number of hydrogen-bond donors (Lipinski definition) is 1. The smallest absolute Gasteiger partial charge is 0.0388 e. The molecule has 1 N–H and O–H groups in total. The lowest BCUT2D eigenvalue weighted by atomic mass is 9.89. The highest BCUT2D eigenvalue weighted by Crippen LogP contribution is 2.30. The summed E-state index contributed by atoms with van der Waals surface area (Å²) in [7, 11) is 0. The van der Waals surface area contributed by atoms with Crippen LogP contribution in [0.25, 0.3) is 0 Å². The van der Waals surface area contributed by atoms with Gasteiger partial charge in [0, 0.05) is 21.8 Å². The van der Waals surface area contributed by atoms with Crippen molar-refractivity contribution in [3.63, 3.8) is 0 Å². The van der Waals surface area contributed by atoms with Crippen LogP contribution in [-0.4, -0.2) is 6.04 Å². The molecule has 2 rings (SSSR count). The third-order valence-corrected chi connectivity index (χ3v) is 5.81. The van der Waals surface area contributed by atoms with E-state index in [9.17, 15) is 0 Å². The topological polar surface area (TPSA) is 12.0 Å². The molecular weight excluding hydrogens is 250 g/mol. The molecular formula is C17H29NS. The molecule has 1 saturated carbocycles. The molecule has 0 bridgehead atoms. The van der Waals surface area contributed by atoms with Gasteiger partial charge in [-0.1, -0.05) is 26.7 Å².